The molecule has 4 nitrogen and oxygen atoms in total. The molecular weight excluding hydrogens is 380 g/mol. The molecule has 1 N–H and O–H groups in total. The lowest BCUT2D eigenvalue weighted by Crippen LogP contribution is -2.37. The van der Waals surface area contributed by atoms with Crippen LogP contribution in [0.4, 0.5) is 5.69 Å². The number of benzene rings is 2. The maximum Gasteiger partial charge on any atom is 0.244 e. The molecule has 0 unspecified atom stereocenters. The molecule has 1 aliphatic heterocycles. The summed E-state index contributed by atoms with van der Waals surface area (Å²) in [5.41, 5.74) is 2.48. The van der Waals surface area contributed by atoms with E-state index in [1.165, 1.54) is 6.92 Å². The highest BCUT2D eigenvalue weighted by Crippen LogP contribution is 2.37. The van der Waals surface area contributed by atoms with Gasteiger partial charge in [0, 0.05) is 27.7 Å². The summed E-state index contributed by atoms with van der Waals surface area (Å²) in [4.78, 5) is 25.9. The third kappa shape index (κ3) is 3.26. The van der Waals surface area contributed by atoms with Crippen molar-refractivity contribution in [1.29, 1.82) is 0 Å². The van der Waals surface area contributed by atoms with Crippen LogP contribution >= 0.6 is 27.5 Å². The Bertz CT molecular complexity index is 777. The largest absolute Gasteiger partial charge is 0.324 e. The Morgan fingerprint density at radius 1 is 1.26 bits per heavy atom. The number of amides is 2. The summed E-state index contributed by atoms with van der Waals surface area (Å²) >= 11 is 9.44. The molecule has 3 rings (SSSR count). The summed E-state index contributed by atoms with van der Waals surface area (Å²) in [6.07, 6.45) is 0. The molecule has 118 valence electrons. The van der Waals surface area contributed by atoms with Gasteiger partial charge in [-0.25, -0.2) is 0 Å². The summed E-state index contributed by atoms with van der Waals surface area (Å²) < 4.78 is 0.884. The molecule has 0 fully saturated rings. The topological polar surface area (TPSA) is 49.4 Å². The van der Waals surface area contributed by atoms with E-state index in [1.54, 1.807) is 17.0 Å². The van der Waals surface area contributed by atoms with Crippen LogP contribution in [-0.4, -0.2) is 23.3 Å². The van der Waals surface area contributed by atoms with Gasteiger partial charge in [0.05, 0.1) is 6.04 Å². The second-order valence-electron chi connectivity index (χ2n) is 5.38. The number of rotatable bonds is 1. The quantitative estimate of drug-likeness (QED) is 0.796. The van der Waals surface area contributed by atoms with Crippen LogP contribution in [0.15, 0.2) is 46.9 Å². The predicted octanol–water partition coefficient (Wildman–Crippen LogP) is 3.99. The van der Waals surface area contributed by atoms with E-state index in [0.29, 0.717) is 10.7 Å². The minimum atomic E-state index is -0.351. The van der Waals surface area contributed by atoms with Crippen molar-refractivity contribution in [2.75, 3.05) is 11.9 Å². The highest BCUT2D eigenvalue weighted by molar-refractivity contribution is 9.10. The van der Waals surface area contributed by atoms with Crippen LogP contribution in [0.1, 0.15) is 24.1 Å². The van der Waals surface area contributed by atoms with Crippen molar-refractivity contribution in [3.05, 3.63) is 63.1 Å². The van der Waals surface area contributed by atoms with Gasteiger partial charge in [0.15, 0.2) is 0 Å². The van der Waals surface area contributed by atoms with Crippen molar-refractivity contribution in [2.24, 2.45) is 0 Å². The van der Waals surface area contributed by atoms with E-state index in [4.69, 9.17) is 11.6 Å². The summed E-state index contributed by atoms with van der Waals surface area (Å²) in [5, 5.41) is 3.49. The van der Waals surface area contributed by atoms with Gasteiger partial charge in [-0.1, -0.05) is 39.7 Å². The number of nitrogens with one attached hydrogen (secondary N) is 1. The van der Waals surface area contributed by atoms with Crippen LogP contribution < -0.4 is 5.32 Å². The van der Waals surface area contributed by atoms with Gasteiger partial charge in [0.1, 0.15) is 6.54 Å². The van der Waals surface area contributed by atoms with Crippen LogP contribution in [0.5, 0.6) is 0 Å². The van der Waals surface area contributed by atoms with Crippen LogP contribution in [0.2, 0.25) is 5.02 Å². The molecule has 0 aromatic heterocycles. The molecule has 2 aromatic rings. The van der Waals surface area contributed by atoms with Gasteiger partial charge in [-0.15, -0.1) is 0 Å². The SMILES string of the molecule is CC(=O)N1CC(=O)Nc2ccc(Br)cc2[C@H]1c1ccc(Cl)cc1. The minimum Gasteiger partial charge on any atom is -0.324 e. The zero-order chi connectivity index (χ0) is 16.6. The number of carbonyl (C=O) groups is 2. The number of carbonyl (C=O) groups excluding carboxylic acids is 2. The van der Waals surface area contributed by atoms with Gasteiger partial charge in [-0.2, -0.15) is 0 Å². The monoisotopic (exact) mass is 392 g/mol. The normalized spacial score (nSPS) is 17.3. The fourth-order valence-electron chi connectivity index (χ4n) is 2.77. The van der Waals surface area contributed by atoms with Crippen LogP contribution in [-0.2, 0) is 9.59 Å². The molecule has 23 heavy (non-hydrogen) atoms. The average Bonchev–Trinajstić information content (AvgIpc) is 2.64. The fourth-order valence-corrected chi connectivity index (χ4v) is 3.28. The first-order valence-corrected chi connectivity index (χ1v) is 8.25. The molecule has 0 saturated carbocycles. The Balaban J connectivity index is 2.21. The lowest BCUT2D eigenvalue weighted by Gasteiger charge is -2.29. The lowest BCUT2D eigenvalue weighted by atomic mass is 9.96. The first-order valence-electron chi connectivity index (χ1n) is 7.07. The molecule has 2 amide bonds. The summed E-state index contributed by atoms with van der Waals surface area (Å²) in [6.45, 7) is 1.48. The summed E-state index contributed by atoms with van der Waals surface area (Å²) in [7, 11) is 0. The molecule has 0 aliphatic carbocycles. The molecule has 0 spiro atoms. The molecule has 0 bridgehead atoms. The van der Waals surface area contributed by atoms with E-state index in [1.807, 2.05) is 30.3 Å². The van der Waals surface area contributed by atoms with E-state index >= 15 is 0 Å². The van der Waals surface area contributed by atoms with Crippen LogP contribution in [0, 0.1) is 0 Å². The van der Waals surface area contributed by atoms with Gasteiger partial charge in [0.2, 0.25) is 11.8 Å². The van der Waals surface area contributed by atoms with Crippen molar-refractivity contribution in [3.63, 3.8) is 0 Å². The molecule has 1 aliphatic rings. The molecule has 6 heteroatoms. The van der Waals surface area contributed by atoms with Gasteiger partial charge in [-0.3, -0.25) is 9.59 Å². The Morgan fingerprint density at radius 2 is 1.96 bits per heavy atom. The molecule has 0 saturated heterocycles. The minimum absolute atomic E-state index is 0.00885. The maximum absolute atomic E-state index is 12.2. The first-order chi connectivity index (χ1) is 11.0. The second kappa shape index (κ2) is 6.34. The molecule has 1 heterocycles. The van der Waals surface area contributed by atoms with E-state index in [-0.39, 0.29) is 24.4 Å². The molecular formula is C17H14BrClN2O2. The van der Waals surface area contributed by atoms with Gasteiger partial charge >= 0.3 is 0 Å². The van der Waals surface area contributed by atoms with E-state index in [0.717, 1.165) is 15.6 Å². The van der Waals surface area contributed by atoms with E-state index < -0.39 is 0 Å². The number of halogens is 2. The number of hydrogen-bond acceptors (Lipinski definition) is 2. The van der Waals surface area contributed by atoms with Crippen molar-refractivity contribution < 1.29 is 9.59 Å². The molecule has 1 atom stereocenters. The van der Waals surface area contributed by atoms with Crippen molar-refractivity contribution in [3.8, 4) is 0 Å². The van der Waals surface area contributed by atoms with E-state index in [2.05, 4.69) is 21.2 Å². The van der Waals surface area contributed by atoms with Crippen molar-refractivity contribution in [1.82, 2.24) is 4.90 Å². The standard InChI is InChI=1S/C17H14BrClN2O2/c1-10(22)21-9-16(23)20-15-7-4-12(18)8-14(15)17(21)11-2-5-13(19)6-3-11/h2-8,17H,9H2,1H3,(H,20,23)/t17-/m1/s1. The van der Waals surface area contributed by atoms with E-state index in [9.17, 15) is 9.59 Å². The predicted molar refractivity (Wildman–Crippen MR) is 93.5 cm³/mol. The third-order valence-electron chi connectivity index (χ3n) is 3.80. The van der Waals surface area contributed by atoms with Crippen LogP contribution in [0.3, 0.4) is 0 Å². The maximum atomic E-state index is 12.2. The van der Waals surface area contributed by atoms with Gasteiger partial charge in [0.25, 0.3) is 0 Å². The van der Waals surface area contributed by atoms with Crippen molar-refractivity contribution in [2.45, 2.75) is 13.0 Å². The van der Waals surface area contributed by atoms with Crippen LogP contribution in [0.25, 0.3) is 0 Å². The lowest BCUT2D eigenvalue weighted by molar-refractivity contribution is -0.134. The Morgan fingerprint density at radius 3 is 2.61 bits per heavy atom. The van der Waals surface area contributed by atoms with Gasteiger partial charge in [-0.05, 0) is 35.9 Å². The Hall–Kier alpha value is -1.85. The van der Waals surface area contributed by atoms with Crippen molar-refractivity contribution >= 4 is 45.0 Å². The second-order valence-corrected chi connectivity index (χ2v) is 6.73. The highest BCUT2D eigenvalue weighted by Gasteiger charge is 2.31. The number of anilines is 1. The molecule has 2 aromatic carbocycles. The number of hydrogen-bond donors (Lipinski definition) is 1. The highest BCUT2D eigenvalue weighted by atomic mass is 79.9. The summed E-state index contributed by atoms with van der Waals surface area (Å²) in [6, 6.07) is 12.6. The fraction of sp³-hybridized carbons (Fsp3) is 0.176. The molecule has 0 radical (unpaired) electrons. The third-order valence-corrected chi connectivity index (χ3v) is 4.54. The Kier molecular flexibility index (Phi) is 4.41. The number of nitrogens with zero attached hydrogens (tertiary/aromatic N) is 1. The Labute approximate surface area is 147 Å². The number of fused-ring (bicyclic) bond motifs is 1. The smallest absolute Gasteiger partial charge is 0.244 e. The summed E-state index contributed by atoms with van der Waals surface area (Å²) in [5.74, 6) is -0.367. The zero-order valence-corrected chi connectivity index (χ0v) is 14.7. The van der Waals surface area contributed by atoms with Gasteiger partial charge < -0.3 is 10.2 Å². The zero-order valence-electron chi connectivity index (χ0n) is 12.3. The first kappa shape index (κ1) is 16.0. The average molecular weight is 394 g/mol.